The summed E-state index contributed by atoms with van der Waals surface area (Å²) in [5.41, 5.74) is 5.36. The zero-order chi connectivity index (χ0) is 7.40. The van der Waals surface area contributed by atoms with E-state index >= 15 is 0 Å². The maximum absolute atomic E-state index is 11.9. The quantitative estimate of drug-likeness (QED) is 0.607. The SMILES string of the molecule is NCCN(CCF)C1CC1. The van der Waals surface area contributed by atoms with Gasteiger partial charge in [-0.2, -0.15) is 0 Å². The molecule has 3 heteroatoms. The molecule has 1 fully saturated rings. The van der Waals surface area contributed by atoms with Crippen molar-refractivity contribution < 1.29 is 4.39 Å². The Morgan fingerprint density at radius 3 is 2.50 bits per heavy atom. The lowest BCUT2D eigenvalue weighted by molar-refractivity contribution is 0.245. The number of hydrogen-bond acceptors (Lipinski definition) is 2. The maximum Gasteiger partial charge on any atom is 0.102 e. The molecular weight excluding hydrogens is 131 g/mol. The minimum atomic E-state index is -0.240. The maximum atomic E-state index is 11.9. The van der Waals surface area contributed by atoms with Crippen LogP contribution in [-0.4, -0.2) is 37.3 Å². The molecule has 2 nitrogen and oxygen atoms in total. The first-order chi connectivity index (χ1) is 4.88. The minimum absolute atomic E-state index is 0.240. The first-order valence-electron chi connectivity index (χ1n) is 3.88. The van der Waals surface area contributed by atoms with Gasteiger partial charge in [-0.1, -0.05) is 0 Å². The van der Waals surface area contributed by atoms with Crippen LogP contribution in [0.25, 0.3) is 0 Å². The van der Waals surface area contributed by atoms with Crippen LogP contribution in [0.3, 0.4) is 0 Å². The zero-order valence-electron chi connectivity index (χ0n) is 6.22. The molecule has 2 N–H and O–H groups in total. The molecule has 0 aromatic heterocycles. The van der Waals surface area contributed by atoms with Gasteiger partial charge in [0.25, 0.3) is 0 Å². The molecule has 0 heterocycles. The van der Waals surface area contributed by atoms with E-state index in [1.54, 1.807) is 0 Å². The van der Waals surface area contributed by atoms with Crippen molar-refractivity contribution in [3.8, 4) is 0 Å². The fourth-order valence-electron chi connectivity index (χ4n) is 1.19. The van der Waals surface area contributed by atoms with Crippen LogP contribution < -0.4 is 5.73 Å². The second-order valence-corrected chi connectivity index (χ2v) is 2.74. The third-order valence-electron chi connectivity index (χ3n) is 1.85. The Morgan fingerprint density at radius 2 is 2.10 bits per heavy atom. The molecule has 1 rings (SSSR count). The summed E-state index contributed by atoms with van der Waals surface area (Å²) in [6.07, 6.45) is 2.47. The Balaban J connectivity index is 2.13. The van der Waals surface area contributed by atoms with Crippen LogP contribution >= 0.6 is 0 Å². The molecule has 10 heavy (non-hydrogen) atoms. The molecule has 0 radical (unpaired) electrons. The standard InChI is InChI=1S/C7H15FN2/c8-3-5-10(6-4-9)7-1-2-7/h7H,1-6,9H2. The van der Waals surface area contributed by atoms with E-state index in [1.165, 1.54) is 12.8 Å². The summed E-state index contributed by atoms with van der Waals surface area (Å²) in [5.74, 6) is 0. The number of halogens is 1. The largest absolute Gasteiger partial charge is 0.329 e. The molecule has 0 amide bonds. The number of nitrogens with zero attached hydrogens (tertiary/aromatic N) is 1. The molecule has 0 bridgehead atoms. The van der Waals surface area contributed by atoms with Crippen molar-refractivity contribution in [2.75, 3.05) is 26.3 Å². The van der Waals surface area contributed by atoms with Crippen molar-refractivity contribution in [1.82, 2.24) is 4.90 Å². The van der Waals surface area contributed by atoms with Crippen LogP contribution in [0, 0.1) is 0 Å². The zero-order valence-corrected chi connectivity index (χ0v) is 6.22. The van der Waals surface area contributed by atoms with Gasteiger partial charge in [-0.3, -0.25) is 4.90 Å². The van der Waals surface area contributed by atoms with Crippen molar-refractivity contribution in [2.24, 2.45) is 5.73 Å². The molecule has 0 atom stereocenters. The van der Waals surface area contributed by atoms with E-state index in [4.69, 9.17) is 5.73 Å². The molecule has 0 aromatic rings. The van der Waals surface area contributed by atoms with Crippen LogP contribution in [0.4, 0.5) is 4.39 Å². The van der Waals surface area contributed by atoms with Crippen molar-refractivity contribution in [1.29, 1.82) is 0 Å². The highest BCUT2D eigenvalue weighted by molar-refractivity contribution is 4.84. The lowest BCUT2D eigenvalue weighted by Crippen LogP contribution is -2.33. The van der Waals surface area contributed by atoms with E-state index < -0.39 is 0 Å². The number of hydrogen-bond donors (Lipinski definition) is 1. The van der Waals surface area contributed by atoms with E-state index in [2.05, 4.69) is 4.90 Å². The first-order valence-corrected chi connectivity index (χ1v) is 3.88. The molecule has 0 spiro atoms. The summed E-state index contributed by atoms with van der Waals surface area (Å²) in [5, 5.41) is 0. The highest BCUT2D eigenvalue weighted by Crippen LogP contribution is 2.25. The van der Waals surface area contributed by atoms with Crippen LogP contribution in [0.5, 0.6) is 0 Å². The summed E-state index contributed by atoms with van der Waals surface area (Å²) in [4.78, 5) is 2.14. The van der Waals surface area contributed by atoms with Gasteiger partial charge in [0.2, 0.25) is 0 Å². The van der Waals surface area contributed by atoms with Gasteiger partial charge in [-0.25, -0.2) is 4.39 Å². The Morgan fingerprint density at radius 1 is 1.40 bits per heavy atom. The highest BCUT2D eigenvalue weighted by Gasteiger charge is 2.27. The monoisotopic (exact) mass is 146 g/mol. The van der Waals surface area contributed by atoms with Gasteiger partial charge in [-0.15, -0.1) is 0 Å². The third kappa shape index (κ3) is 2.23. The summed E-state index contributed by atoms with van der Waals surface area (Å²) in [7, 11) is 0. The second-order valence-electron chi connectivity index (χ2n) is 2.74. The van der Waals surface area contributed by atoms with E-state index in [9.17, 15) is 4.39 Å². The van der Waals surface area contributed by atoms with Gasteiger partial charge >= 0.3 is 0 Å². The predicted octanol–water partition coefficient (Wildman–Crippen LogP) is 0.379. The number of nitrogens with two attached hydrogens (primary N) is 1. The molecule has 1 aliphatic rings. The average molecular weight is 146 g/mol. The van der Waals surface area contributed by atoms with Crippen LogP contribution in [0.1, 0.15) is 12.8 Å². The lowest BCUT2D eigenvalue weighted by atomic mass is 10.4. The van der Waals surface area contributed by atoms with Gasteiger partial charge in [0, 0.05) is 25.7 Å². The summed E-state index contributed by atoms with van der Waals surface area (Å²) < 4.78 is 11.9. The fourth-order valence-corrected chi connectivity index (χ4v) is 1.19. The summed E-state index contributed by atoms with van der Waals surface area (Å²) >= 11 is 0. The van der Waals surface area contributed by atoms with Gasteiger partial charge in [0.15, 0.2) is 0 Å². The average Bonchev–Trinajstić information content (AvgIpc) is 2.69. The molecular formula is C7H15FN2. The van der Waals surface area contributed by atoms with Gasteiger partial charge in [-0.05, 0) is 12.8 Å². The molecule has 60 valence electrons. The Labute approximate surface area is 61.2 Å². The molecule has 1 saturated carbocycles. The molecule has 1 aliphatic carbocycles. The summed E-state index contributed by atoms with van der Waals surface area (Å²) in [6, 6.07) is 0.652. The minimum Gasteiger partial charge on any atom is -0.329 e. The smallest absolute Gasteiger partial charge is 0.102 e. The van der Waals surface area contributed by atoms with Crippen molar-refractivity contribution in [3.05, 3.63) is 0 Å². The van der Waals surface area contributed by atoms with Crippen molar-refractivity contribution in [3.63, 3.8) is 0 Å². The third-order valence-corrected chi connectivity index (χ3v) is 1.85. The lowest BCUT2D eigenvalue weighted by Gasteiger charge is -2.18. The van der Waals surface area contributed by atoms with Gasteiger partial charge in [0.05, 0.1) is 0 Å². The summed E-state index contributed by atoms with van der Waals surface area (Å²) in [6.45, 7) is 1.84. The topological polar surface area (TPSA) is 29.3 Å². The van der Waals surface area contributed by atoms with E-state index in [-0.39, 0.29) is 6.67 Å². The Hall–Kier alpha value is -0.150. The van der Waals surface area contributed by atoms with Crippen LogP contribution in [-0.2, 0) is 0 Å². The molecule has 0 saturated heterocycles. The second kappa shape index (κ2) is 3.88. The van der Waals surface area contributed by atoms with E-state index in [1.807, 2.05) is 0 Å². The highest BCUT2D eigenvalue weighted by atomic mass is 19.1. The van der Waals surface area contributed by atoms with Gasteiger partial charge in [0.1, 0.15) is 6.67 Å². The Kier molecular flexibility index (Phi) is 3.09. The van der Waals surface area contributed by atoms with E-state index in [0.717, 1.165) is 6.54 Å². The number of rotatable bonds is 5. The van der Waals surface area contributed by atoms with Crippen molar-refractivity contribution >= 4 is 0 Å². The number of alkyl halides is 1. The Bertz CT molecular complexity index is 87.6. The fraction of sp³-hybridized carbons (Fsp3) is 1.00. The molecule has 0 unspecified atom stereocenters. The normalized spacial score (nSPS) is 18.3. The van der Waals surface area contributed by atoms with Gasteiger partial charge < -0.3 is 5.73 Å². The van der Waals surface area contributed by atoms with Crippen LogP contribution in [0.15, 0.2) is 0 Å². The molecule has 0 aromatic carbocycles. The van der Waals surface area contributed by atoms with E-state index in [0.29, 0.717) is 19.1 Å². The first kappa shape index (κ1) is 7.95. The molecule has 0 aliphatic heterocycles. The van der Waals surface area contributed by atoms with Crippen molar-refractivity contribution in [2.45, 2.75) is 18.9 Å². The van der Waals surface area contributed by atoms with Crippen LogP contribution in [0.2, 0.25) is 0 Å². The predicted molar refractivity (Wildman–Crippen MR) is 39.6 cm³/mol.